The summed E-state index contributed by atoms with van der Waals surface area (Å²) in [6, 6.07) is 49.1. The van der Waals surface area contributed by atoms with E-state index in [4.69, 9.17) is 8.83 Å². The Bertz CT molecular complexity index is 3090. The molecule has 0 aliphatic heterocycles. The van der Waals surface area contributed by atoms with Crippen molar-refractivity contribution in [1.82, 2.24) is 9.13 Å². The van der Waals surface area contributed by atoms with E-state index in [0.29, 0.717) is 11.8 Å². The number of para-hydroxylation sites is 4. The molecule has 4 heteroatoms. The molecule has 4 aromatic heterocycles. The van der Waals surface area contributed by atoms with Crippen molar-refractivity contribution in [2.45, 2.75) is 76.0 Å². The van der Waals surface area contributed by atoms with Gasteiger partial charge in [-0.3, -0.25) is 0 Å². The molecule has 4 heterocycles. The van der Waals surface area contributed by atoms with Crippen LogP contribution >= 0.6 is 0 Å². The summed E-state index contributed by atoms with van der Waals surface area (Å²) in [4.78, 5) is 0. The number of rotatable bonds is 4. The van der Waals surface area contributed by atoms with Crippen LogP contribution in [0.5, 0.6) is 0 Å². The molecule has 4 nitrogen and oxygen atoms in total. The van der Waals surface area contributed by atoms with Gasteiger partial charge in [-0.25, -0.2) is 0 Å². The molecule has 0 amide bonds. The zero-order valence-electron chi connectivity index (χ0n) is 32.6. The Morgan fingerprint density at radius 3 is 1.07 bits per heavy atom. The minimum atomic E-state index is 0.411. The van der Waals surface area contributed by atoms with E-state index in [2.05, 4.69) is 143 Å². The van der Waals surface area contributed by atoms with Gasteiger partial charge in [0, 0.05) is 65.6 Å². The van der Waals surface area contributed by atoms with Crippen LogP contribution in [0, 0.1) is 0 Å². The molecular formula is C54H44N2O2. The van der Waals surface area contributed by atoms with Crippen molar-refractivity contribution in [2.24, 2.45) is 0 Å². The van der Waals surface area contributed by atoms with Crippen molar-refractivity contribution >= 4 is 87.5 Å². The van der Waals surface area contributed by atoms with Crippen molar-refractivity contribution in [3.05, 3.63) is 145 Å². The standard InChI is InChI=1S/C54H44N2O2/c1-3-15-33(16-4-1)49-51-41-31-35(55-43-23-11-7-19-37(43)38-20-8-12-24-44(38)55)27-29-47(41)58-54(51)50(34-17-5-2-6-18-34)52-42-32-36(28-30-48(42)57-53(49)52)56-45-25-13-9-21-39(45)40-22-10-14-26-46(40)56/h7-14,19-34H,1-6,15-18H2. The Balaban J connectivity index is 1.14. The van der Waals surface area contributed by atoms with Gasteiger partial charge >= 0.3 is 0 Å². The van der Waals surface area contributed by atoms with Crippen LogP contribution in [0.25, 0.3) is 98.9 Å². The number of furan rings is 2. The zero-order valence-corrected chi connectivity index (χ0v) is 32.6. The van der Waals surface area contributed by atoms with E-state index >= 15 is 0 Å². The van der Waals surface area contributed by atoms with Crippen molar-refractivity contribution in [3.63, 3.8) is 0 Å². The van der Waals surface area contributed by atoms with Gasteiger partial charge in [0.15, 0.2) is 0 Å². The van der Waals surface area contributed by atoms with Gasteiger partial charge in [-0.15, -0.1) is 0 Å². The number of hydrogen-bond acceptors (Lipinski definition) is 2. The van der Waals surface area contributed by atoms with Crippen LogP contribution in [0.2, 0.25) is 0 Å². The molecule has 58 heavy (non-hydrogen) atoms. The fourth-order valence-electron chi connectivity index (χ4n) is 11.6. The third-order valence-electron chi connectivity index (χ3n) is 14.1. The maximum absolute atomic E-state index is 7.30. The summed E-state index contributed by atoms with van der Waals surface area (Å²) in [6.07, 6.45) is 12.3. The molecule has 0 N–H and O–H groups in total. The number of benzene rings is 7. The fourth-order valence-corrected chi connectivity index (χ4v) is 11.6. The quantitative estimate of drug-likeness (QED) is 0.179. The molecule has 2 fully saturated rings. The van der Waals surface area contributed by atoms with Crippen molar-refractivity contribution in [3.8, 4) is 11.4 Å². The lowest BCUT2D eigenvalue weighted by molar-refractivity contribution is 0.440. The summed E-state index contributed by atoms with van der Waals surface area (Å²) in [5.41, 5.74) is 14.1. The number of hydrogen-bond donors (Lipinski definition) is 0. The lowest BCUT2D eigenvalue weighted by Gasteiger charge is -2.26. The smallest absolute Gasteiger partial charge is 0.140 e. The van der Waals surface area contributed by atoms with E-state index in [-0.39, 0.29) is 0 Å². The normalized spacial score (nSPS) is 16.1. The van der Waals surface area contributed by atoms with Crippen molar-refractivity contribution in [2.75, 3.05) is 0 Å². The topological polar surface area (TPSA) is 36.1 Å². The molecule has 11 aromatic rings. The predicted octanol–water partition coefficient (Wildman–Crippen LogP) is 15.8. The van der Waals surface area contributed by atoms with E-state index in [1.165, 1.54) is 152 Å². The van der Waals surface area contributed by atoms with Gasteiger partial charge in [0.05, 0.1) is 22.1 Å². The third kappa shape index (κ3) is 4.63. The molecular weight excluding hydrogens is 709 g/mol. The predicted molar refractivity (Wildman–Crippen MR) is 241 cm³/mol. The highest BCUT2D eigenvalue weighted by atomic mass is 16.3. The van der Waals surface area contributed by atoms with E-state index in [0.717, 1.165) is 22.3 Å². The number of fused-ring (bicyclic) bond motifs is 12. The van der Waals surface area contributed by atoms with Gasteiger partial charge in [0.2, 0.25) is 0 Å². The molecule has 7 aromatic carbocycles. The van der Waals surface area contributed by atoms with Gasteiger partial charge in [-0.1, -0.05) is 111 Å². The average Bonchev–Trinajstić information content (AvgIpc) is 4.04. The van der Waals surface area contributed by atoms with Gasteiger partial charge in [-0.2, -0.15) is 0 Å². The van der Waals surface area contributed by atoms with Gasteiger partial charge < -0.3 is 18.0 Å². The van der Waals surface area contributed by atoms with Crippen LogP contribution in [0.15, 0.2) is 142 Å². The summed E-state index contributed by atoms with van der Waals surface area (Å²) in [5.74, 6) is 0.823. The Hall–Kier alpha value is -6.26. The maximum Gasteiger partial charge on any atom is 0.140 e. The molecule has 0 saturated heterocycles. The highest BCUT2D eigenvalue weighted by molar-refractivity contribution is 6.21. The summed E-state index contributed by atoms with van der Waals surface area (Å²) >= 11 is 0. The third-order valence-corrected chi connectivity index (χ3v) is 14.1. The van der Waals surface area contributed by atoms with Crippen molar-refractivity contribution < 1.29 is 8.83 Å². The van der Waals surface area contributed by atoms with E-state index < -0.39 is 0 Å². The first-order valence-corrected chi connectivity index (χ1v) is 21.7. The van der Waals surface area contributed by atoms with Gasteiger partial charge in [0.25, 0.3) is 0 Å². The van der Waals surface area contributed by atoms with E-state index in [1.54, 1.807) is 0 Å². The minimum absolute atomic E-state index is 0.411. The van der Waals surface area contributed by atoms with Crippen LogP contribution in [-0.2, 0) is 0 Å². The van der Waals surface area contributed by atoms with Crippen molar-refractivity contribution in [1.29, 1.82) is 0 Å². The van der Waals surface area contributed by atoms with Crippen LogP contribution in [-0.4, -0.2) is 9.13 Å². The van der Waals surface area contributed by atoms with Crippen LogP contribution in [0.3, 0.4) is 0 Å². The van der Waals surface area contributed by atoms with Crippen LogP contribution < -0.4 is 0 Å². The number of aromatic nitrogens is 2. The summed E-state index contributed by atoms with van der Waals surface area (Å²) in [6.45, 7) is 0. The molecule has 2 saturated carbocycles. The Morgan fingerprint density at radius 2 is 0.707 bits per heavy atom. The number of nitrogens with zero attached hydrogens (tertiary/aromatic N) is 2. The SMILES string of the molecule is c1ccc2c(c1)c1ccccc1n2-c1ccc2oc3c(C4CCCCC4)c4c(oc5ccc(-n6c7ccccc7c7ccccc76)cc54)c(C4CCCCC4)c3c2c1. The molecule has 2 aliphatic carbocycles. The molecule has 13 rings (SSSR count). The first kappa shape index (κ1) is 32.8. The second-order valence-corrected chi connectivity index (χ2v) is 17.2. The Labute approximate surface area is 336 Å². The summed E-state index contributed by atoms with van der Waals surface area (Å²) < 4.78 is 19.5. The van der Waals surface area contributed by atoms with Crippen LogP contribution in [0.1, 0.15) is 87.2 Å². The molecule has 0 spiro atoms. The first-order valence-electron chi connectivity index (χ1n) is 21.7. The molecule has 0 unspecified atom stereocenters. The molecule has 0 atom stereocenters. The van der Waals surface area contributed by atoms with Gasteiger partial charge in [0.1, 0.15) is 22.3 Å². The maximum atomic E-state index is 7.30. The van der Waals surface area contributed by atoms with Gasteiger partial charge in [-0.05, 0) is 98.2 Å². The first-order chi connectivity index (χ1) is 28.8. The van der Waals surface area contributed by atoms with E-state index in [1.807, 2.05) is 0 Å². The monoisotopic (exact) mass is 752 g/mol. The zero-order chi connectivity index (χ0) is 37.9. The summed E-state index contributed by atoms with van der Waals surface area (Å²) in [5, 5.41) is 10.1. The van der Waals surface area contributed by atoms with E-state index in [9.17, 15) is 0 Å². The Morgan fingerprint density at radius 1 is 0.362 bits per heavy atom. The lowest BCUT2D eigenvalue weighted by atomic mass is 9.77. The molecule has 0 bridgehead atoms. The second kappa shape index (κ2) is 12.6. The molecule has 2 aliphatic rings. The highest BCUT2D eigenvalue weighted by Gasteiger charge is 2.33. The minimum Gasteiger partial charge on any atom is -0.456 e. The van der Waals surface area contributed by atoms with Crippen LogP contribution in [0.4, 0.5) is 0 Å². The average molecular weight is 753 g/mol. The highest BCUT2D eigenvalue weighted by Crippen LogP contribution is 2.53. The largest absolute Gasteiger partial charge is 0.456 e. The second-order valence-electron chi connectivity index (χ2n) is 17.2. The lowest BCUT2D eigenvalue weighted by Crippen LogP contribution is -2.09. The summed E-state index contributed by atoms with van der Waals surface area (Å²) in [7, 11) is 0. The molecule has 0 radical (unpaired) electrons. The fraction of sp³-hybridized carbons (Fsp3) is 0.222. The molecule has 282 valence electrons. The Kier molecular flexibility index (Phi) is 7.13.